The fraction of sp³-hybridized carbons (Fsp3) is 0.200. The number of para-hydroxylation sites is 2. The van der Waals surface area contributed by atoms with Crippen LogP contribution >= 0.6 is 0 Å². The van der Waals surface area contributed by atoms with Crippen LogP contribution < -0.4 is 15.4 Å². The van der Waals surface area contributed by atoms with Gasteiger partial charge in [0.1, 0.15) is 5.75 Å². The van der Waals surface area contributed by atoms with E-state index in [2.05, 4.69) is 10.6 Å². The van der Waals surface area contributed by atoms with Crippen molar-refractivity contribution in [1.29, 1.82) is 0 Å². The van der Waals surface area contributed by atoms with E-state index in [1.807, 2.05) is 62.4 Å². The summed E-state index contributed by atoms with van der Waals surface area (Å²) in [4.78, 5) is 25.8. The number of hydrogen-bond donors (Lipinski definition) is 2. The van der Waals surface area contributed by atoms with E-state index in [0.29, 0.717) is 16.9 Å². The van der Waals surface area contributed by atoms with Gasteiger partial charge in [0.05, 0.1) is 12.7 Å². The smallest absolute Gasteiger partial charge is 0.259 e. The zero-order valence-corrected chi connectivity index (χ0v) is 17.5. The SMILES string of the molecule is CCc1ccccc1NC(=O)c1ccc(OC)c(C(=O)Nc2ccccc2CC)c1. The van der Waals surface area contributed by atoms with Gasteiger partial charge >= 0.3 is 0 Å². The summed E-state index contributed by atoms with van der Waals surface area (Å²) in [6.07, 6.45) is 1.61. The van der Waals surface area contributed by atoms with Crippen molar-refractivity contribution in [3.63, 3.8) is 0 Å². The lowest BCUT2D eigenvalue weighted by atomic mass is 10.1. The van der Waals surface area contributed by atoms with Crippen molar-refractivity contribution in [1.82, 2.24) is 0 Å². The summed E-state index contributed by atoms with van der Waals surface area (Å²) in [5.41, 5.74) is 4.29. The Balaban J connectivity index is 1.87. The Morgan fingerprint density at radius 2 is 1.30 bits per heavy atom. The average molecular weight is 402 g/mol. The van der Waals surface area contributed by atoms with E-state index >= 15 is 0 Å². The zero-order chi connectivity index (χ0) is 21.5. The number of aryl methyl sites for hydroxylation is 2. The molecule has 0 fully saturated rings. The minimum atomic E-state index is -0.323. The molecule has 5 nitrogen and oxygen atoms in total. The molecular formula is C25H26N2O3. The molecule has 5 heteroatoms. The number of carbonyl (C=O) groups is 2. The summed E-state index contributed by atoms with van der Waals surface area (Å²) in [6, 6.07) is 20.2. The van der Waals surface area contributed by atoms with Crippen LogP contribution in [0, 0.1) is 0 Å². The van der Waals surface area contributed by atoms with E-state index in [-0.39, 0.29) is 11.8 Å². The second kappa shape index (κ2) is 9.74. The van der Waals surface area contributed by atoms with Crippen molar-refractivity contribution in [2.75, 3.05) is 17.7 Å². The second-order valence-corrected chi connectivity index (χ2v) is 6.84. The summed E-state index contributed by atoms with van der Waals surface area (Å²) < 4.78 is 5.36. The summed E-state index contributed by atoms with van der Waals surface area (Å²) in [5, 5.41) is 5.87. The van der Waals surface area contributed by atoms with Crippen LogP contribution in [0.25, 0.3) is 0 Å². The van der Waals surface area contributed by atoms with Gasteiger partial charge in [-0.25, -0.2) is 0 Å². The lowest BCUT2D eigenvalue weighted by molar-refractivity contribution is 0.102. The fourth-order valence-electron chi connectivity index (χ4n) is 3.31. The first-order valence-corrected chi connectivity index (χ1v) is 10.0. The molecular weight excluding hydrogens is 376 g/mol. The number of anilines is 2. The third-order valence-corrected chi connectivity index (χ3v) is 5.00. The molecule has 3 aromatic rings. The average Bonchev–Trinajstić information content (AvgIpc) is 2.79. The topological polar surface area (TPSA) is 67.4 Å². The highest BCUT2D eigenvalue weighted by Gasteiger charge is 2.17. The van der Waals surface area contributed by atoms with Gasteiger partial charge in [0, 0.05) is 16.9 Å². The molecule has 0 radical (unpaired) electrons. The summed E-state index contributed by atoms with van der Waals surface area (Å²) >= 11 is 0. The quantitative estimate of drug-likeness (QED) is 0.562. The molecule has 30 heavy (non-hydrogen) atoms. The first-order valence-electron chi connectivity index (χ1n) is 10.0. The van der Waals surface area contributed by atoms with Crippen molar-refractivity contribution in [3.05, 3.63) is 89.0 Å². The molecule has 2 amide bonds. The maximum atomic E-state index is 13.0. The molecule has 0 saturated heterocycles. The molecule has 0 saturated carbocycles. The number of methoxy groups -OCH3 is 1. The Hall–Kier alpha value is -3.60. The molecule has 0 unspecified atom stereocenters. The van der Waals surface area contributed by atoms with E-state index in [0.717, 1.165) is 35.3 Å². The molecule has 0 aliphatic carbocycles. The van der Waals surface area contributed by atoms with Gasteiger partial charge in [0.15, 0.2) is 0 Å². The van der Waals surface area contributed by atoms with Gasteiger partial charge in [0.2, 0.25) is 0 Å². The van der Waals surface area contributed by atoms with Crippen LogP contribution in [0.4, 0.5) is 11.4 Å². The molecule has 0 aromatic heterocycles. The van der Waals surface area contributed by atoms with Gasteiger partial charge in [-0.05, 0) is 54.3 Å². The van der Waals surface area contributed by atoms with Crippen molar-refractivity contribution in [3.8, 4) is 5.75 Å². The lowest BCUT2D eigenvalue weighted by Crippen LogP contribution is -2.17. The normalized spacial score (nSPS) is 10.4. The molecule has 0 bridgehead atoms. The van der Waals surface area contributed by atoms with Gasteiger partial charge in [0.25, 0.3) is 11.8 Å². The monoisotopic (exact) mass is 402 g/mol. The maximum absolute atomic E-state index is 13.0. The highest BCUT2D eigenvalue weighted by molar-refractivity contribution is 6.10. The summed E-state index contributed by atoms with van der Waals surface area (Å²) in [6.45, 7) is 4.07. The van der Waals surface area contributed by atoms with E-state index < -0.39 is 0 Å². The Labute approximate surface area is 177 Å². The first kappa shape index (κ1) is 21.1. The van der Waals surface area contributed by atoms with Gasteiger partial charge in [-0.3, -0.25) is 9.59 Å². The molecule has 0 atom stereocenters. The third kappa shape index (κ3) is 4.69. The van der Waals surface area contributed by atoms with Crippen molar-refractivity contribution >= 4 is 23.2 Å². The van der Waals surface area contributed by atoms with Crippen LogP contribution in [-0.4, -0.2) is 18.9 Å². The van der Waals surface area contributed by atoms with Gasteiger partial charge in [-0.1, -0.05) is 50.2 Å². The fourth-order valence-corrected chi connectivity index (χ4v) is 3.31. The largest absolute Gasteiger partial charge is 0.496 e. The van der Waals surface area contributed by atoms with Crippen molar-refractivity contribution in [2.45, 2.75) is 26.7 Å². The van der Waals surface area contributed by atoms with Crippen LogP contribution in [-0.2, 0) is 12.8 Å². The van der Waals surface area contributed by atoms with Gasteiger partial charge in [-0.15, -0.1) is 0 Å². The van der Waals surface area contributed by atoms with E-state index in [4.69, 9.17) is 4.74 Å². The summed E-state index contributed by atoms with van der Waals surface area (Å²) in [7, 11) is 1.50. The van der Waals surface area contributed by atoms with Gasteiger partial charge in [-0.2, -0.15) is 0 Å². The maximum Gasteiger partial charge on any atom is 0.259 e. The Morgan fingerprint density at radius 3 is 1.83 bits per heavy atom. The van der Waals surface area contributed by atoms with Crippen LogP contribution in [0.5, 0.6) is 5.75 Å². The highest BCUT2D eigenvalue weighted by Crippen LogP contribution is 2.24. The number of ether oxygens (including phenoxy) is 1. The van der Waals surface area contributed by atoms with Gasteiger partial charge < -0.3 is 15.4 Å². The molecule has 154 valence electrons. The minimum Gasteiger partial charge on any atom is -0.496 e. The van der Waals surface area contributed by atoms with Crippen molar-refractivity contribution in [2.24, 2.45) is 0 Å². The molecule has 0 aliphatic heterocycles. The molecule has 0 heterocycles. The number of carbonyl (C=O) groups excluding carboxylic acids is 2. The number of nitrogens with one attached hydrogen (secondary N) is 2. The number of hydrogen-bond acceptors (Lipinski definition) is 3. The zero-order valence-electron chi connectivity index (χ0n) is 17.5. The number of rotatable bonds is 7. The number of amides is 2. The predicted molar refractivity (Wildman–Crippen MR) is 121 cm³/mol. The van der Waals surface area contributed by atoms with E-state index in [1.54, 1.807) is 18.2 Å². The molecule has 0 spiro atoms. The molecule has 3 aromatic carbocycles. The highest BCUT2D eigenvalue weighted by atomic mass is 16.5. The van der Waals surface area contributed by atoms with Crippen LogP contribution in [0.15, 0.2) is 66.7 Å². The standard InChI is InChI=1S/C25H26N2O3/c1-4-17-10-6-8-12-21(17)26-24(28)19-14-15-23(30-3)20(16-19)25(29)27-22-13-9-7-11-18(22)5-2/h6-16H,4-5H2,1-3H3,(H,26,28)(H,27,29). The first-order chi connectivity index (χ1) is 14.6. The Morgan fingerprint density at radius 1 is 0.767 bits per heavy atom. The lowest BCUT2D eigenvalue weighted by Gasteiger charge is -2.14. The third-order valence-electron chi connectivity index (χ3n) is 5.00. The summed E-state index contributed by atoms with van der Waals surface area (Å²) in [5.74, 6) is -0.190. The minimum absolute atomic E-state index is 0.276. The van der Waals surface area contributed by atoms with E-state index in [1.165, 1.54) is 7.11 Å². The number of benzene rings is 3. The Bertz CT molecular complexity index is 1060. The van der Waals surface area contributed by atoms with Crippen LogP contribution in [0.2, 0.25) is 0 Å². The predicted octanol–water partition coefficient (Wildman–Crippen LogP) is 5.32. The molecule has 0 aliphatic rings. The second-order valence-electron chi connectivity index (χ2n) is 6.84. The molecule has 2 N–H and O–H groups in total. The van der Waals surface area contributed by atoms with E-state index in [9.17, 15) is 9.59 Å². The van der Waals surface area contributed by atoms with Crippen molar-refractivity contribution < 1.29 is 14.3 Å². The van der Waals surface area contributed by atoms with Crippen LogP contribution in [0.3, 0.4) is 0 Å². The molecule has 3 rings (SSSR count). The Kier molecular flexibility index (Phi) is 6.86. The van der Waals surface area contributed by atoms with Crippen LogP contribution in [0.1, 0.15) is 45.7 Å².